The zero-order chi connectivity index (χ0) is 14.9. The summed E-state index contributed by atoms with van der Waals surface area (Å²) in [7, 11) is 0. The molecule has 0 aliphatic rings. The fourth-order valence-electron chi connectivity index (χ4n) is 1.88. The lowest BCUT2D eigenvalue weighted by molar-refractivity contribution is -0.120. The Labute approximate surface area is 129 Å². The first-order chi connectivity index (χ1) is 10.2. The van der Waals surface area contributed by atoms with Crippen LogP contribution in [0.25, 0.3) is 0 Å². The van der Waals surface area contributed by atoms with Crippen LogP contribution in [-0.4, -0.2) is 24.0 Å². The highest BCUT2D eigenvalue weighted by molar-refractivity contribution is 6.30. The third-order valence-corrected chi connectivity index (χ3v) is 3.24. The van der Waals surface area contributed by atoms with Crippen LogP contribution in [0.3, 0.4) is 0 Å². The lowest BCUT2D eigenvalue weighted by atomic mass is 10.1. The maximum absolute atomic E-state index is 11.7. The van der Waals surface area contributed by atoms with Crippen molar-refractivity contribution in [1.82, 2.24) is 15.6 Å². The number of rotatable bonds is 7. The molecular weight excluding hydrogens is 286 g/mol. The van der Waals surface area contributed by atoms with Crippen LogP contribution < -0.4 is 10.6 Å². The number of halogens is 1. The lowest BCUT2D eigenvalue weighted by Crippen LogP contribution is -2.34. The van der Waals surface area contributed by atoms with Gasteiger partial charge in [-0.1, -0.05) is 29.8 Å². The van der Waals surface area contributed by atoms with Crippen molar-refractivity contribution in [2.24, 2.45) is 0 Å². The second-order valence-electron chi connectivity index (χ2n) is 4.69. The van der Waals surface area contributed by atoms with Gasteiger partial charge >= 0.3 is 0 Å². The minimum Gasteiger partial charge on any atom is -0.355 e. The van der Waals surface area contributed by atoms with E-state index >= 15 is 0 Å². The summed E-state index contributed by atoms with van der Waals surface area (Å²) in [4.78, 5) is 15.7. The molecule has 0 atom stereocenters. The first-order valence-corrected chi connectivity index (χ1v) is 7.22. The summed E-state index contributed by atoms with van der Waals surface area (Å²) in [6.45, 7) is 1.56. The molecule has 1 aromatic heterocycles. The number of aromatic nitrogens is 1. The first kappa shape index (κ1) is 15.5. The largest absolute Gasteiger partial charge is 0.355 e. The zero-order valence-electron chi connectivity index (χ0n) is 11.7. The summed E-state index contributed by atoms with van der Waals surface area (Å²) >= 11 is 5.82. The van der Waals surface area contributed by atoms with E-state index in [4.69, 9.17) is 11.6 Å². The average Bonchev–Trinajstić information content (AvgIpc) is 2.50. The van der Waals surface area contributed by atoms with Gasteiger partial charge in [-0.2, -0.15) is 0 Å². The molecule has 0 unspecified atom stereocenters. The Bertz CT molecular complexity index is 557. The molecule has 0 spiro atoms. The number of pyridine rings is 1. The number of carbonyl (C=O) groups is 1. The molecule has 2 aromatic rings. The number of hydrogen-bond donors (Lipinski definition) is 2. The zero-order valence-corrected chi connectivity index (χ0v) is 12.4. The van der Waals surface area contributed by atoms with Gasteiger partial charge in [-0.15, -0.1) is 0 Å². The third-order valence-electron chi connectivity index (χ3n) is 2.99. The van der Waals surface area contributed by atoms with E-state index in [-0.39, 0.29) is 5.91 Å². The number of amides is 1. The van der Waals surface area contributed by atoms with Crippen molar-refractivity contribution in [1.29, 1.82) is 0 Å². The quantitative estimate of drug-likeness (QED) is 0.824. The van der Waals surface area contributed by atoms with Gasteiger partial charge in [0.25, 0.3) is 0 Å². The molecule has 1 amide bonds. The standard InChI is InChI=1S/C16H18ClN3O/c17-15-5-3-13(4-6-15)7-9-20-16(21)12-19-11-14-2-1-8-18-10-14/h1-6,8,10,19H,7,9,11-12H2,(H,20,21). The molecule has 0 aliphatic carbocycles. The van der Waals surface area contributed by atoms with Gasteiger partial charge in [0.05, 0.1) is 6.54 Å². The molecule has 0 radical (unpaired) electrons. The van der Waals surface area contributed by atoms with E-state index in [0.717, 1.165) is 22.6 Å². The Morgan fingerprint density at radius 1 is 1.14 bits per heavy atom. The Morgan fingerprint density at radius 3 is 2.67 bits per heavy atom. The summed E-state index contributed by atoms with van der Waals surface area (Å²) in [5.74, 6) is -0.00662. The normalized spacial score (nSPS) is 10.3. The van der Waals surface area contributed by atoms with Gasteiger partial charge in [0, 0.05) is 30.5 Å². The SMILES string of the molecule is O=C(CNCc1cccnc1)NCCc1ccc(Cl)cc1. The van der Waals surface area contributed by atoms with Crippen molar-refractivity contribution >= 4 is 17.5 Å². The molecule has 0 fully saturated rings. The van der Waals surface area contributed by atoms with Crippen molar-refractivity contribution in [3.63, 3.8) is 0 Å². The van der Waals surface area contributed by atoms with Crippen molar-refractivity contribution in [2.75, 3.05) is 13.1 Å². The lowest BCUT2D eigenvalue weighted by Gasteiger charge is -2.07. The summed E-state index contributed by atoms with van der Waals surface area (Å²) in [5.41, 5.74) is 2.22. The number of carbonyl (C=O) groups excluding carboxylic acids is 1. The Kier molecular flexibility index (Phi) is 6.19. The smallest absolute Gasteiger partial charge is 0.233 e. The Morgan fingerprint density at radius 2 is 1.95 bits per heavy atom. The van der Waals surface area contributed by atoms with E-state index < -0.39 is 0 Å². The first-order valence-electron chi connectivity index (χ1n) is 6.85. The Balaban J connectivity index is 1.60. The second kappa shape index (κ2) is 8.39. The van der Waals surface area contributed by atoms with Crippen LogP contribution in [0.5, 0.6) is 0 Å². The van der Waals surface area contributed by atoms with Gasteiger partial charge in [-0.3, -0.25) is 9.78 Å². The van der Waals surface area contributed by atoms with Crippen LogP contribution in [0.2, 0.25) is 5.02 Å². The minimum atomic E-state index is -0.00662. The maximum Gasteiger partial charge on any atom is 0.233 e. The summed E-state index contributed by atoms with van der Waals surface area (Å²) in [6.07, 6.45) is 4.31. The molecule has 1 heterocycles. The number of hydrogen-bond acceptors (Lipinski definition) is 3. The summed E-state index contributed by atoms with van der Waals surface area (Å²) < 4.78 is 0. The highest BCUT2D eigenvalue weighted by atomic mass is 35.5. The average molecular weight is 304 g/mol. The molecular formula is C16H18ClN3O. The van der Waals surface area contributed by atoms with E-state index in [2.05, 4.69) is 15.6 Å². The molecule has 21 heavy (non-hydrogen) atoms. The van der Waals surface area contributed by atoms with Crippen LogP contribution >= 0.6 is 11.6 Å². The molecule has 0 saturated carbocycles. The summed E-state index contributed by atoms with van der Waals surface area (Å²) in [5, 5.41) is 6.69. The van der Waals surface area contributed by atoms with Crippen LogP contribution in [0.1, 0.15) is 11.1 Å². The minimum absolute atomic E-state index is 0.00662. The fraction of sp³-hybridized carbons (Fsp3) is 0.250. The third kappa shape index (κ3) is 5.94. The molecule has 110 valence electrons. The molecule has 2 rings (SSSR count). The van der Waals surface area contributed by atoms with E-state index in [1.165, 1.54) is 0 Å². The van der Waals surface area contributed by atoms with E-state index in [0.29, 0.717) is 19.6 Å². The molecule has 0 aliphatic heterocycles. The van der Waals surface area contributed by atoms with Crippen molar-refractivity contribution in [2.45, 2.75) is 13.0 Å². The number of nitrogens with one attached hydrogen (secondary N) is 2. The molecule has 1 aromatic carbocycles. The highest BCUT2D eigenvalue weighted by Crippen LogP contribution is 2.09. The van der Waals surface area contributed by atoms with Gasteiger partial charge in [0.2, 0.25) is 5.91 Å². The van der Waals surface area contributed by atoms with Gasteiger partial charge in [-0.05, 0) is 35.7 Å². The fourth-order valence-corrected chi connectivity index (χ4v) is 2.01. The van der Waals surface area contributed by atoms with E-state index in [9.17, 15) is 4.79 Å². The van der Waals surface area contributed by atoms with Crippen LogP contribution in [0, 0.1) is 0 Å². The number of nitrogens with zero attached hydrogens (tertiary/aromatic N) is 1. The summed E-state index contributed by atoms with van der Waals surface area (Å²) in [6, 6.07) is 11.5. The van der Waals surface area contributed by atoms with Gasteiger partial charge in [0.1, 0.15) is 0 Å². The molecule has 0 saturated heterocycles. The molecule has 0 bridgehead atoms. The van der Waals surface area contributed by atoms with Crippen LogP contribution in [0.15, 0.2) is 48.8 Å². The Hall–Kier alpha value is -1.91. The monoisotopic (exact) mass is 303 g/mol. The van der Waals surface area contributed by atoms with Crippen LogP contribution in [-0.2, 0) is 17.8 Å². The predicted octanol–water partition coefficient (Wildman–Crippen LogP) is 2.18. The van der Waals surface area contributed by atoms with E-state index in [1.54, 1.807) is 12.4 Å². The maximum atomic E-state index is 11.7. The van der Waals surface area contributed by atoms with Crippen LogP contribution in [0.4, 0.5) is 0 Å². The predicted molar refractivity (Wildman–Crippen MR) is 84.1 cm³/mol. The van der Waals surface area contributed by atoms with Gasteiger partial charge < -0.3 is 10.6 Å². The van der Waals surface area contributed by atoms with Crippen molar-refractivity contribution in [3.8, 4) is 0 Å². The number of benzene rings is 1. The van der Waals surface area contributed by atoms with Crippen molar-refractivity contribution < 1.29 is 4.79 Å². The topological polar surface area (TPSA) is 54.0 Å². The van der Waals surface area contributed by atoms with Gasteiger partial charge in [0.15, 0.2) is 0 Å². The molecule has 4 nitrogen and oxygen atoms in total. The molecule has 2 N–H and O–H groups in total. The van der Waals surface area contributed by atoms with E-state index in [1.807, 2.05) is 36.4 Å². The molecule has 5 heteroatoms. The van der Waals surface area contributed by atoms with Crippen molar-refractivity contribution in [3.05, 3.63) is 64.9 Å². The van der Waals surface area contributed by atoms with Gasteiger partial charge in [-0.25, -0.2) is 0 Å². The highest BCUT2D eigenvalue weighted by Gasteiger charge is 2.01. The second-order valence-corrected chi connectivity index (χ2v) is 5.13.